The highest BCUT2D eigenvalue weighted by Gasteiger charge is 2.53. The molecule has 0 radical (unpaired) electrons. The van der Waals surface area contributed by atoms with E-state index < -0.39 is 21.4 Å². The Kier molecular flexibility index (Phi) is 6.24. The number of aryl methyl sites for hydroxylation is 2. The normalized spacial score (nSPS) is 22.0. The summed E-state index contributed by atoms with van der Waals surface area (Å²) in [5, 5.41) is 8.66. The van der Waals surface area contributed by atoms with Crippen molar-refractivity contribution in [3.8, 4) is 5.69 Å². The van der Waals surface area contributed by atoms with Gasteiger partial charge in [-0.3, -0.25) is 14.5 Å². The predicted octanol–water partition coefficient (Wildman–Crippen LogP) is 4.06. The van der Waals surface area contributed by atoms with Crippen LogP contribution in [0, 0.1) is 18.3 Å². The summed E-state index contributed by atoms with van der Waals surface area (Å²) in [6.07, 6.45) is 13.0. The van der Waals surface area contributed by atoms with Crippen molar-refractivity contribution < 1.29 is 17.6 Å². The lowest BCUT2D eigenvalue weighted by molar-refractivity contribution is 0.0733. The average molecular weight is 588 g/mol. The van der Waals surface area contributed by atoms with E-state index in [4.69, 9.17) is 0 Å². The summed E-state index contributed by atoms with van der Waals surface area (Å²) < 4.78 is 46.7. The van der Waals surface area contributed by atoms with E-state index in [1.165, 1.54) is 29.3 Å². The Labute approximate surface area is 243 Å². The van der Waals surface area contributed by atoms with Crippen molar-refractivity contribution in [3.63, 3.8) is 0 Å². The van der Waals surface area contributed by atoms with Crippen molar-refractivity contribution in [2.45, 2.75) is 62.4 Å². The monoisotopic (exact) mass is 587 g/mol. The van der Waals surface area contributed by atoms with Crippen molar-refractivity contribution in [1.29, 1.82) is 0 Å². The number of allylic oxidation sites excluding steroid dienone is 1. The summed E-state index contributed by atoms with van der Waals surface area (Å²) in [6.45, 7) is 1.92. The van der Waals surface area contributed by atoms with Gasteiger partial charge in [-0.1, -0.05) is 5.57 Å². The minimum Gasteiger partial charge on any atom is -0.291 e. The first-order valence-electron chi connectivity index (χ1n) is 14.1. The molecule has 0 N–H and O–H groups in total. The Morgan fingerprint density at radius 1 is 1.07 bits per heavy atom. The fraction of sp³-hybridized carbons (Fsp3) is 0.367. The van der Waals surface area contributed by atoms with E-state index in [9.17, 15) is 17.6 Å². The van der Waals surface area contributed by atoms with Crippen LogP contribution in [0.25, 0.3) is 11.8 Å². The molecule has 4 aromatic heterocycles. The number of halogens is 1. The van der Waals surface area contributed by atoms with Crippen LogP contribution in [0.15, 0.2) is 65.7 Å². The Bertz CT molecular complexity index is 1860. The first kappa shape index (κ1) is 26.8. The van der Waals surface area contributed by atoms with Gasteiger partial charge in [-0.05, 0) is 80.9 Å². The molecule has 2 saturated carbocycles. The van der Waals surface area contributed by atoms with Gasteiger partial charge in [0.05, 0.1) is 29.2 Å². The lowest BCUT2D eigenvalue weighted by Gasteiger charge is -2.46. The lowest BCUT2D eigenvalue weighted by Crippen LogP contribution is -2.51. The minimum absolute atomic E-state index is 0.0986. The highest BCUT2D eigenvalue weighted by molar-refractivity contribution is 7.89. The van der Waals surface area contributed by atoms with Gasteiger partial charge in [0.1, 0.15) is 10.6 Å². The standard InChI is InChI=1S/C30H30FN7O3S/c1-19-7-9-32-26(11-19)29(39)30-14-20-16-35-37(23-8-10-33-28(31)13-23)27(20)12-21(30)3-4-24(15-30)38(22-5-6-22)42(40,41)25-17-34-36(2)18-25/h7-13,16-18,22,24H,3-6,14-15H2,1-2H3/t24-,30-/m0/s1. The van der Waals surface area contributed by atoms with Gasteiger partial charge in [-0.25, -0.2) is 18.1 Å². The van der Waals surface area contributed by atoms with E-state index in [1.54, 1.807) is 40.6 Å². The molecule has 12 heteroatoms. The van der Waals surface area contributed by atoms with Gasteiger partial charge in [-0.15, -0.1) is 0 Å². The van der Waals surface area contributed by atoms with Crippen LogP contribution in [0.1, 0.15) is 59.4 Å². The topological polar surface area (TPSA) is 116 Å². The molecule has 42 heavy (non-hydrogen) atoms. The van der Waals surface area contributed by atoms with Crippen molar-refractivity contribution in [2.24, 2.45) is 12.5 Å². The largest absolute Gasteiger partial charge is 0.291 e. The predicted molar refractivity (Wildman–Crippen MR) is 152 cm³/mol. The molecule has 216 valence electrons. The zero-order valence-electron chi connectivity index (χ0n) is 23.3. The number of fused-ring (bicyclic) bond motifs is 2. The van der Waals surface area contributed by atoms with Gasteiger partial charge in [0.15, 0.2) is 5.78 Å². The number of aromatic nitrogens is 6. The first-order chi connectivity index (χ1) is 20.2. The van der Waals surface area contributed by atoms with Crippen LogP contribution in [-0.2, 0) is 23.5 Å². The van der Waals surface area contributed by atoms with Crippen molar-refractivity contribution in [1.82, 2.24) is 33.8 Å². The fourth-order valence-electron chi connectivity index (χ4n) is 6.61. The zero-order valence-corrected chi connectivity index (χ0v) is 24.1. The minimum atomic E-state index is -3.83. The Morgan fingerprint density at radius 2 is 1.88 bits per heavy atom. The summed E-state index contributed by atoms with van der Waals surface area (Å²) in [6, 6.07) is 6.18. The molecule has 2 fully saturated rings. The van der Waals surface area contributed by atoms with Crippen molar-refractivity contribution in [2.75, 3.05) is 0 Å². The molecule has 4 aromatic rings. The molecule has 4 heterocycles. The number of carbonyl (C=O) groups excluding carboxylic acids is 1. The van der Waals surface area contributed by atoms with Crippen LogP contribution in [0.2, 0.25) is 0 Å². The number of sulfonamides is 1. The number of nitrogens with zero attached hydrogens (tertiary/aromatic N) is 7. The maximum Gasteiger partial charge on any atom is 0.246 e. The molecule has 0 amide bonds. The summed E-state index contributed by atoms with van der Waals surface area (Å²) in [5.41, 5.74) is 3.38. The molecule has 0 bridgehead atoms. The number of rotatable bonds is 7. The van der Waals surface area contributed by atoms with Gasteiger partial charge >= 0.3 is 0 Å². The maximum atomic E-state index is 14.5. The van der Waals surface area contributed by atoms with E-state index in [0.717, 1.165) is 35.2 Å². The van der Waals surface area contributed by atoms with Crippen LogP contribution in [0.3, 0.4) is 0 Å². The molecular weight excluding hydrogens is 557 g/mol. The summed E-state index contributed by atoms with van der Waals surface area (Å²) in [5.74, 6) is -0.726. The molecular formula is C30H30FN7O3S. The van der Waals surface area contributed by atoms with Gasteiger partial charge in [0.25, 0.3) is 0 Å². The Hall–Kier alpha value is -4.03. The van der Waals surface area contributed by atoms with Crippen LogP contribution < -0.4 is 0 Å². The highest BCUT2D eigenvalue weighted by atomic mass is 32.2. The molecule has 0 aromatic carbocycles. The third-order valence-electron chi connectivity index (χ3n) is 8.70. The van der Waals surface area contributed by atoms with Crippen LogP contribution in [0.4, 0.5) is 4.39 Å². The first-order valence-corrected chi connectivity index (χ1v) is 15.5. The second-order valence-electron chi connectivity index (χ2n) is 11.6. The fourth-order valence-corrected chi connectivity index (χ4v) is 8.49. The number of carbonyl (C=O) groups is 1. The number of pyridine rings is 2. The van der Waals surface area contributed by atoms with Gasteiger partial charge < -0.3 is 0 Å². The van der Waals surface area contributed by atoms with Gasteiger partial charge in [0.2, 0.25) is 16.0 Å². The van der Waals surface area contributed by atoms with Crippen LogP contribution in [0.5, 0.6) is 0 Å². The lowest BCUT2D eigenvalue weighted by atomic mass is 9.60. The van der Waals surface area contributed by atoms with E-state index in [2.05, 4.69) is 20.2 Å². The van der Waals surface area contributed by atoms with E-state index in [1.807, 2.05) is 19.1 Å². The van der Waals surface area contributed by atoms with E-state index >= 15 is 0 Å². The van der Waals surface area contributed by atoms with Gasteiger partial charge in [0, 0.05) is 43.8 Å². The van der Waals surface area contributed by atoms with Crippen molar-refractivity contribution in [3.05, 3.63) is 89.3 Å². The summed E-state index contributed by atoms with van der Waals surface area (Å²) >= 11 is 0. The third-order valence-corrected chi connectivity index (χ3v) is 10.7. The molecule has 0 saturated heterocycles. The van der Waals surface area contributed by atoms with E-state index in [0.29, 0.717) is 37.1 Å². The number of hydrogen-bond acceptors (Lipinski definition) is 7. The van der Waals surface area contributed by atoms with Crippen LogP contribution in [-0.4, -0.2) is 60.1 Å². The maximum absolute atomic E-state index is 14.5. The molecule has 3 aliphatic carbocycles. The number of Topliss-reactive ketones (excluding diaryl/α,β-unsaturated/α-hetero) is 1. The molecule has 7 rings (SSSR count). The molecule has 0 unspecified atom stereocenters. The molecule has 0 spiro atoms. The van der Waals surface area contributed by atoms with Gasteiger partial charge in [-0.2, -0.15) is 18.9 Å². The third kappa shape index (κ3) is 4.40. The highest BCUT2D eigenvalue weighted by Crippen LogP contribution is 2.52. The molecule has 3 aliphatic rings. The Morgan fingerprint density at radius 3 is 2.60 bits per heavy atom. The summed E-state index contributed by atoms with van der Waals surface area (Å²) in [7, 11) is -2.13. The van der Waals surface area contributed by atoms with Crippen LogP contribution >= 0.6 is 0 Å². The quantitative estimate of drug-likeness (QED) is 0.237. The zero-order chi connectivity index (χ0) is 29.2. The second-order valence-corrected chi connectivity index (χ2v) is 13.4. The van der Waals surface area contributed by atoms with Crippen molar-refractivity contribution >= 4 is 21.9 Å². The molecule has 2 atom stereocenters. The second kappa shape index (κ2) is 9.77. The Balaban J connectivity index is 1.33. The number of ketones is 1. The van der Waals surface area contributed by atoms with E-state index in [-0.39, 0.29) is 22.8 Å². The smallest absolute Gasteiger partial charge is 0.246 e. The summed E-state index contributed by atoms with van der Waals surface area (Å²) in [4.78, 5) is 22.8. The molecule has 10 nitrogen and oxygen atoms in total. The molecule has 0 aliphatic heterocycles. The SMILES string of the molecule is Cc1ccnc(C(=O)[C@]23Cc4cnn(-c5ccnc(F)c5)c4C=C2CC[C@H](N(C2CC2)S(=O)(=O)c2cnn(C)c2)C3)c1. The average Bonchev–Trinajstić information content (AvgIpc) is 3.54. The number of hydrogen-bond donors (Lipinski definition) is 0.